The van der Waals surface area contributed by atoms with E-state index in [1.54, 1.807) is 48.5 Å². The maximum absolute atomic E-state index is 14.0. The number of nitrogens with one attached hydrogen (secondary N) is 2. The summed E-state index contributed by atoms with van der Waals surface area (Å²) in [7, 11) is 0. The lowest BCUT2D eigenvalue weighted by atomic mass is 9.92. The smallest absolute Gasteiger partial charge is 0.266 e. The fraction of sp³-hybridized carbons (Fsp3) is 0.192. The number of hydrogen-bond acceptors (Lipinski definition) is 8. The van der Waals surface area contributed by atoms with Gasteiger partial charge in [0.05, 0.1) is 33.6 Å². The highest BCUT2D eigenvalue weighted by molar-refractivity contribution is 6.36. The van der Waals surface area contributed by atoms with Gasteiger partial charge >= 0.3 is 0 Å². The third-order valence-corrected chi connectivity index (χ3v) is 12.0. The summed E-state index contributed by atoms with van der Waals surface area (Å²) in [4.78, 5) is 81.3. The summed E-state index contributed by atoms with van der Waals surface area (Å²) in [5, 5.41) is 8.53. The summed E-state index contributed by atoms with van der Waals surface area (Å²) in [6, 6.07) is 22.4. The molecule has 322 valence electrons. The lowest BCUT2D eigenvalue weighted by Gasteiger charge is -2.20. The molecule has 2 aliphatic rings. The van der Waals surface area contributed by atoms with Gasteiger partial charge in [-0.15, -0.1) is 0 Å². The summed E-state index contributed by atoms with van der Waals surface area (Å²) in [5.41, 5.74) is 9.35. The predicted octanol–water partition coefficient (Wildman–Crippen LogP) is 8.51. The Bertz CT molecular complexity index is 2840. The molecule has 0 fully saturated rings. The minimum Gasteiger partial charge on any atom is -0.473 e. The topological polar surface area (TPSA) is 151 Å². The van der Waals surface area contributed by atoms with Crippen molar-refractivity contribution in [2.75, 3.05) is 23.3 Å². The fourth-order valence-electron chi connectivity index (χ4n) is 8.84. The zero-order chi connectivity index (χ0) is 45.7. The number of imide groups is 2. The monoisotopic (exact) mass is 854 g/mol. The van der Waals surface area contributed by atoms with E-state index >= 15 is 0 Å². The highest BCUT2D eigenvalue weighted by Gasteiger charge is 2.40. The minimum atomic E-state index is -0.399. The zero-order valence-electron chi connectivity index (χ0n) is 36.5. The standard InChI is InChI=1S/C52H46N4O8/c1-9-45(57)53-25-63-39-15-29(5)47(30(6)16-39)55-49(59)41-21-35-13-27(3)33(19-37(35)23-43(41)51(55)61)11-12-34-20-38-24-44-42(22-36(38)14-28(34)4)50(60)56(52(44)62)48-31(7)17-40(18-32(48)8)64-26-54-46(58)10-2/h9-10,13-24H,1-2,11-12,25-26H2,3-8H3,(H,53,57)(H,54,58). The Morgan fingerprint density at radius 2 is 0.766 bits per heavy atom. The van der Waals surface area contributed by atoms with Gasteiger partial charge in [-0.05, 0) is 181 Å². The Morgan fingerprint density at radius 3 is 1.06 bits per heavy atom. The van der Waals surface area contributed by atoms with Crippen molar-refractivity contribution in [3.63, 3.8) is 0 Å². The van der Waals surface area contributed by atoms with Gasteiger partial charge in [0.25, 0.3) is 23.6 Å². The number of carbonyl (C=O) groups excluding carboxylic acids is 6. The van der Waals surface area contributed by atoms with Crippen molar-refractivity contribution in [1.29, 1.82) is 0 Å². The second kappa shape index (κ2) is 16.8. The van der Waals surface area contributed by atoms with Gasteiger partial charge in [-0.1, -0.05) is 37.4 Å². The van der Waals surface area contributed by atoms with Gasteiger partial charge in [0.2, 0.25) is 11.8 Å². The quantitative estimate of drug-likeness (QED) is 0.0667. The second-order valence-electron chi connectivity index (χ2n) is 16.3. The van der Waals surface area contributed by atoms with Crippen molar-refractivity contribution < 1.29 is 38.2 Å². The third kappa shape index (κ3) is 7.67. The van der Waals surface area contributed by atoms with Gasteiger partial charge < -0.3 is 20.1 Å². The van der Waals surface area contributed by atoms with Crippen LogP contribution in [0.3, 0.4) is 0 Å². The van der Waals surface area contributed by atoms with Crippen LogP contribution in [0.15, 0.2) is 98.1 Å². The Balaban J connectivity index is 1.01. The highest BCUT2D eigenvalue weighted by Crippen LogP contribution is 2.39. The summed E-state index contributed by atoms with van der Waals surface area (Å²) in [5.74, 6) is -1.34. The molecule has 12 nitrogen and oxygen atoms in total. The van der Waals surface area contributed by atoms with E-state index in [1.807, 2.05) is 41.5 Å². The first-order valence-electron chi connectivity index (χ1n) is 20.8. The number of amides is 6. The highest BCUT2D eigenvalue weighted by atomic mass is 16.5. The molecule has 0 atom stereocenters. The molecule has 0 saturated heterocycles. The molecule has 0 aromatic heterocycles. The van der Waals surface area contributed by atoms with Gasteiger partial charge in [-0.2, -0.15) is 0 Å². The zero-order valence-corrected chi connectivity index (χ0v) is 36.5. The molecule has 8 rings (SSSR count). The van der Waals surface area contributed by atoms with Crippen LogP contribution in [0.1, 0.15) is 85.9 Å². The molecule has 6 amide bonds. The average molecular weight is 855 g/mol. The molecule has 2 heterocycles. The molecule has 0 saturated carbocycles. The molecule has 0 spiro atoms. The van der Waals surface area contributed by atoms with Crippen LogP contribution in [-0.2, 0) is 22.4 Å². The first-order valence-corrected chi connectivity index (χ1v) is 20.8. The number of rotatable bonds is 13. The third-order valence-electron chi connectivity index (χ3n) is 12.0. The van der Waals surface area contributed by atoms with Gasteiger partial charge in [0, 0.05) is 0 Å². The molecule has 0 aliphatic carbocycles. The predicted molar refractivity (Wildman–Crippen MR) is 247 cm³/mol. The number of ether oxygens (including phenoxy) is 2. The van der Waals surface area contributed by atoms with E-state index in [9.17, 15) is 28.8 Å². The van der Waals surface area contributed by atoms with Crippen molar-refractivity contribution in [2.24, 2.45) is 0 Å². The average Bonchev–Trinajstić information content (AvgIpc) is 3.62. The Kier molecular flexibility index (Phi) is 11.2. The normalized spacial score (nSPS) is 13.1. The van der Waals surface area contributed by atoms with Crippen molar-refractivity contribution >= 4 is 68.4 Å². The number of aryl methyl sites for hydroxylation is 8. The van der Waals surface area contributed by atoms with Crippen molar-refractivity contribution in [3.05, 3.63) is 165 Å². The van der Waals surface area contributed by atoms with Crippen LogP contribution in [0.25, 0.3) is 21.5 Å². The Morgan fingerprint density at radius 1 is 0.469 bits per heavy atom. The maximum Gasteiger partial charge on any atom is 0.266 e. The molecule has 6 aromatic carbocycles. The molecular weight excluding hydrogens is 809 g/mol. The number of benzene rings is 6. The summed E-state index contributed by atoms with van der Waals surface area (Å²) >= 11 is 0. The second-order valence-corrected chi connectivity index (χ2v) is 16.3. The van der Waals surface area contributed by atoms with Crippen molar-refractivity contribution in [3.8, 4) is 11.5 Å². The number of anilines is 2. The SMILES string of the molecule is C=CC(=O)NCOc1cc(C)c(N2C(=O)c3cc4cc(C)c(CCc5cc6cc7c(cc6cc5C)C(=O)N(c5c(C)cc(OCNC(=O)C=C)cc5C)C7=O)cc4cc3C2=O)c(C)c1. The largest absolute Gasteiger partial charge is 0.473 e. The van der Waals surface area contributed by atoms with Crippen LogP contribution in [0, 0.1) is 41.5 Å². The van der Waals surface area contributed by atoms with E-state index < -0.39 is 23.6 Å². The van der Waals surface area contributed by atoms with Crippen LogP contribution >= 0.6 is 0 Å². The van der Waals surface area contributed by atoms with E-state index in [1.165, 1.54) is 9.80 Å². The number of nitrogens with zero attached hydrogens (tertiary/aromatic N) is 2. The molecule has 64 heavy (non-hydrogen) atoms. The fourth-order valence-corrected chi connectivity index (χ4v) is 8.84. The van der Waals surface area contributed by atoms with E-state index in [0.717, 1.165) is 56.0 Å². The first-order chi connectivity index (χ1) is 30.6. The Labute approximate surface area is 370 Å². The first kappa shape index (κ1) is 42.8. The van der Waals surface area contributed by atoms with Crippen LogP contribution in [0.5, 0.6) is 11.5 Å². The summed E-state index contributed by atoms with van der Waals surface area (Å²) in [6.07, 6.45) is 3.70. The van der Waals surface area contributed by atoms with Crippen molar-refractivity contribution in [1.82, 2.24) is 10.6 Å². The van der Waals surface area contributed by atoms with E-state index in [4.69, 9.17) is 9.47 Å². The van der Waals surface area contributed by atoms with Crippen molar-refractivity contribution in [2.45, 2.75) is 54.4 Å². The van der Waals surface area contributed by atoms with Gasteiger partial charge in [0.1, 0.15) is 11.5 Å². The maximum atomic E-state index is 14.0. The summed E-state index contributed by atoms with van der Waals surface area (Å²) in [6.45, 7) is 18.1. The number of fused-ring (bicyclic) bond motifs is 4. The lowest BCUT2D eigenvalue weighted by molar-refractivity contribution is -0.118. The minimum absolute atomic E-state index is 0.0600. The molecule has 0 unspecified atom stereocenters. The van der Waals surface area contributed by atoms with E-state index in [0.29, 0.717) is 80.2 Å². The molecule has 2 N–H and O–H groups in total. The van der Waals surface area contributed by atoms with Gasteiger partial charge in [0.15, 0.2) is 13.5 Å². The molecule has 12 heteroatoms. The van der Waals surface area contributed by atoms with Crippen LogP contribution < -0.4 is 29.9 Å². The van der Waals surface area contributed by atoms with Gasteiger partial charge in [-0.3, -0.25) is 28.8 Å². The molecule has 0 bridgehead atoms. The van der Waals surface area contributed by atoms with Crippen LogP contribution in [0.4, 0.5) is 11.4 Å². The van der Waals surface area contributed by atoms with Gasteiger partial charge in [-0.25, -0.2) is 9.80 Å². The van der Waals surface area contributed by atoms with Crippen LogP contribution in [-0.4, -0.2) is 48.9 Å². The lowest BCUT2D eigenvalue weighted by Crippen LogP contribution is -2.31. The van der Waals surface area contributed by atoms with E-state index in [2.05, 4.69) is 48.1 Å². The number of carbonyl (C=O) groups is 6. The molecule has 2 aliphatic heterocycles. The Hall–Kier alpha value is -7.86. The summed E-state index contributed by atoms with van der Waals surface area (Å²) < 4.78 is 11.4. The molecule has 0 radical (unpaired) electrons. The molecule has 6 aromatic rings. The molecular formula is C52H46N4O8. The van der Waals surface area contributed by atoms with Crippen LogP contribution in [0.2, 0.25) is 0 Å². The number of hydrogen-bond donors (Lipinski definition) is 2. The van der Waals surface area contributed by atoms with E-state index in [-0.39, 0.29) is 25.3 Å².